The lowest BCUT2D eigenvalue weighted by Crippen LogP contribution is -2.40. The van der Waals surface area contributed by atoms with E-state index >= 15 is 0 Å². The second kappa shape index (κ2) is 6.64. The molecule has 0 amide bonds. The molecule has 0 saturated carbocycles. The molecule has 1 aliphatic rings. The third-order valence-corrected chi connectivity index (χ3v) is 5.09. The quantitative estimate of drug-likeness (QED) is 0.862. The van der Waals surface area contributed by atoms with Crippen LogP contribution in [0.15, 0.2) is 23.1 Å². The van der Waals surface area contributed by atoms with Gasteiger partial charge in [-0.05, 0) is 31.9 Å². The molecule has 1 aromatic carbocycles. The van der Waals surface area contributed by atoms with E-state index in [-0.39, 0.29) is 17.0 Å². The molecule has 1 fully saturated rings. The van der Waals surface area contributed by atoms with Gasteiger partial charge in [0.25, 0.3) is 0 Å². The van der Waals surface area contributed by atoms with Gasteiger partial charge in [-0.15, -0.1) is 0 Å². The molecule has 1 N–H and O–H groups in total. The summed E-state index contributed by atoms with van der Waals surface area (Å²) in [6.07, 6.45) is 1.77. The summed E-state index contributed by atoms with van der Waals surface area (Å²) in [5.74, 6) is 0.869. The van der Waals surface area contributed by atoms with E-state index in [2.05, 4.69) is 4.72 Å². The SMILES string of the molecule is COc1ccc(S(=O)(=O)N[C@@H](C)[C@H]2CCCO2)cc1OC. The normalized spacial score (nSPS) is 20.2. The zero-order valence-corrected chi connectivity index (χ0v) is 13.3. The van der Waals surface area contributed by atoms with Crippen molar-refractivity contribution in [2.75, 3.05) is 20.8 Å². The van der Waals surface area contributed by atoms with Gasteiger partial charge in [0.1, 0.15) is 0 Å². The number of sulfonamides is 1. The van der Waals surface area contributed by atoms with Crippen LogP contribution in [0.1, 0.15) is 19.8 Å². The number of ether oxygens (including phenoxy) is 3. The Kier molecular flexibility index (Phi) is 5.08. The Bertz CT molecular complexity index is 581. The van der Waals surface area contributed by atoms with Crippen molar-refractivity contribution in [1.29, 1.82) is 0 Å². The molecule has 0 aromatic heterocycles. The predicted molar refractivity (Wildman–Crippen MR) is 78.3 cm³/mol. The van der Waals surface area contributed by atoms with E-state index in [0.29, 0.717) is 18.1 Å². The largest absolute Gasteiger partial charge is 0.493 e. The van der Waals surface area contributed by atoms with Crippen molar-refractivity contribution in [1.82, 2.24) is 4.72 Å². The number of hydrogen-bond donors (Lipinski definition) is 1. The lowest BCUT2D eigenvalue weighted by Gasteiger charge is -2.20. The lowest BCUT2D eigenvalue weighted by molar-refractivity contribution is 0.0902. The van der Waals surface area contributed by atoms with E-state index in [1.165, 1.54) is 26.4 Å². The van der Waals surface area contributed by atoms with Crippen LogP contribution in [0.2, 0.25) is 0 Å². The maximum atomic E-state index is 12.4. The van der Waals surface area contributed by atoms with Crippen molar-refractivity contribution >= 4 is 10.0 Å². The van der Waals surface area contributed by atoms with Crippen LogP contribution in [0.25, 0.3) is 0 Å². The van der Waals surface area contributed by atoms with Crippen LogP contribution in [-0.2, 0) is 14.8 Å². The molecular formula is C14H21NO5S. The molecule has 0 unspecified atom stereocenters. The molecule has 0 bridgehead atoms. The maximum absolute atomic E-state index is 12.4. The summed E-state index contributed by atoms with van der Waals surface area (Å²) < 4.78 is 43.2. The Morgan fingerprint density at radius 2 is 2.00 bits per heavy atom. The van der Waals surface area contributed by atoms with Gasteiger partial charge >= 0.3 is 0 Å². The second-order valence-electron chi connectivity index (χ2n) is 4.98. The first-order valence-corrected chi connectivity index (χ1v) is 8.32. The first-order valence-electron chi connectivity index (χ1n) is 6.84. The van der Waals surface area contributed by atoms with Crippen molar-refractivity contribution in [3.63, 3.8) is 0 Å². The molecule has 0 spiro atoms. The highest BCUT2D eigenvalue weighted by atomic mass is 32.2. The monoisotopic (exact) mass is 315 g/mol. The first-order chi connectivity index (χ1) is 9.97. The minimum Gasteiger partial charge on any atom is -0.493 e. The maximum Gasteiger partial charge on any atom is 0.241 e. The molecule has 118 valence electrons. The van der Waals surface area contributed by atoms with Gasteiger partial charge in [-0.25, -0.2) is 13.1 Å². The van der Waals surface area contributed by atoms with Gasteiger partial charge in [-0.3, -0.25) is 0 Å². The molecule has 0 aliphatic carbocycles. The number of nitrogens with one attached hydrogen (secondary N) is 1. The minimum absolute atomic E-state index is 0.0695. The molecule has 1 saturated heterocycles. The van der Waals surface area contributed by atoms with Crippen molar-refractivity contribution in [2.24, 2.45) is 0 Å². The number of benzene rings is 1. The Morgan fingerprint density at radius 1 is 1.29 bits per heavy atom. The van der Waals surface area contributed by atoms with E-state index in [9.17, 15) is 8.42 Å². The van der Waals surface area contributed by atoms with E-state index < -0.39 is 10.0 Å². The second-order valence-corrected chi connectivity index (χ2v) is 6.69. The Labute approximate surface area is 125 Å². The molecule has 7 heteroatoms. The van der Waals surface area contributed by atoms with Crippen LogP contribution in [0.5, 0.6) is 11.5 Å². The smallest absolute Gasteiger partial charge is 0.241 e. The molecule has 1 aromatic rings. The van der Waals surface area contributed by atoms with Gasteiger partial charge in [0, 0.05) is 18.7 Å². The topological polar surface area (TPSA) is 73.9 Å². The summed E-state index contributed by atoms with van der Waals surface area (Å²) in [6, 6.07) is 4.24. The van der Waals surface area contributed by atoms with Crippen LogP contribution < -0.4 is 14.2 Å². The third kappa shape index (κ3) is 3.66. The predicted octanol–water partition coefficient (Wildman–Crippen LogP) is 1.55. The Balaban J connectivity index is 2.18. The van der Waals surface area contributed by atoms with Crippen LogP contribution >= 0.6 is 0 Å². The number of methoxy groups -OCH3 is 2. The Morgan fingerprint density at radius 3 is 2.57 bits per heavy atom. The number of rotatable bonds is 6. The summed E-state index contributed by atoms with van der Waals surface area (Å²) in [7, 11) is -0.647. The average molecular weight is 315 g/mol. The summed E-state index contributed by atoms with van der Waals surface area (Å²) >= 11 is 0. The van der Waals surface area contributed by atoms with E-state index in [4.69, 9.17) is 14.2 Å². The highest BCUT2D eigenvalue weighted by Gasteiger charge is 2.27. The molecule has 21 heavy (non-hydrogen) atoms. The fourth-order valence-corrected chi connectivity index (χ4v) is 3.66. The molecule has 1 heterocycles. The van der Waals surface area contributed by atoms with E-state index in [0.717, 1.165) is 12.8 Å². The van der Waals surface area contributed by atoms with Gasteiger partial charge < -0.3 is 14.2 Å². The molecular weight excluding hydrogens is 294 g/mol. The summed E-state index contributed by atoms with van der Waals surface area (Å²) in [4.78, 5) is 0.144. The van der Waals surface area contributed by atoms with Gasteiger partial charge in [0.05, 0.1) is 25.2 Å². The van der Waals surface area contributed by atoms with Gasteiger partial charge in [-0.2, -0.15) is 0 Å². The van der Waals surface area contributed by atoms with Crippen LogP contribution in [0.3, 0.4) is 0 Å². The summed E-state index contributed by atoms with van der Waals surface area (Å²) in [5.41, 5.74) is 0. The Hall–Kier alpha value is -1.31. The van der Waals surface area contributed by atoms with Gasteiger partial charge in [-0.1, -0.05) is 0 Å². The molecule has 0 radical (unpaired) electrons. The summed E-state index contributed by atoms with van der Waals surface area (Å²) in [6.45, 7) is 2.50. The highest BCUT2D eigenvalue weighted by Crippen LogP contribution is 2.29. The highest BCUT2D eigenvalue weighted by molar-refractivity contribution is 7.89. The van der Waals surface area contributed by atoms with Gasteiger partial charge in [0.15, 0.2) is 11.5 Å². The van der Waals surface area contributed by atoms with Crippen LogP contribution in [0.4, 0.5) is 0 Å². The zero-order chi connectivity index (χ0) is 15.5. The van der Waals surface area contributed by atoms with Gasteiger partial charge in [0.2, 0.25) is 10.0 Å². The molecule has 2 atom stereocenters. The van der Waals surface area contributed by atoms with Crippen LogP contribution in [0, 0.1) is 0 Å². The summed E-state index contributed by atoms with van der Waals surface area (Å²) in [5, 5.41) is 0. The van der Waals surface area contributed by atoms with E-state index in [1.807, 2.05) is 6.92 Å². The molecule has 1 aliphatic heterocycles. The van der Waals surface area contributed by atoms with Crippen LogP contribution in [-0.4, -0.2) is 41.4 Å². The van der Waals surface area contributed by atoms with Crippen molar-refractivity contribution in [3.05, 3.63) is 18.2 Å². The molecule has 2 rings (SSSR count). The molecule has 6 nitrogen and oxygen atoms in total. The fraction of sp³-hybridized carbons (Fsp3) is 0.571. The fourth-order valence-electron chi connectivity index (χ4n) is 2.37. The standard InChI is InChI=1S/C14H21NO5S/c1-10(12-5-4-8-20-12)15-21(16,17)11-6-7-13(18-2)14(9-11)19-3/h6-7,9-10,12,15H,4-5,8H2,1-3H3/t10-,12+/m0/s1. The van der Waals surface area contributed by atoms with Crippen molar-refractivity contribution < 1.29 is 22.6 Å². The average Bonchev–Trinajstić information content (AvgIpc) is 3.00. The number of hydrogen-bond acceptors (Lipinski definition) is 5. The lowest BCUT2D eigenvalue weighted by atomic mass is 10.1. The van der Waals surface area contributed by atoms with Crippen molar-refractivity contribution in [3.8, 4) is 11.5 Å². The first kappa shape index (κ1) is 16.1. The zero-order valence-electron chi connectivity index (χ0n) is 12.5. The third-order valence-electron chi connectivity index (χ3n) is 3.53. The van der Waals surface area contributed by atoms with E-state index in [1.54, 1.807) is 6.07 Å². The minimum atomic E-state index is -3.62. The van der Waals surface area contributed by atoms with Crippen molar-refractivity contribution in [2.45, 2.75) is 36.8 Å².